The summed E-state index contributed by atoms with van der Waals surface area (Å²) in [5.41, 5.74) is 0. The number of carbonyl (C=O) groups is 1. The van der Waals surface area contributed by atoms with Crippen LogP contribution in [0.5, 0.6) is 0 Å². The van der Waals surface area contributed by atoms with Gasteiger partial charge < -0.3 is 5.11 Å². The van der Waals surface area contributed by atoms with Gasteiger partial charge in [0.15, 0.2) is 0 Å². The zero-order valence-electron chi connectivity index (χ0n) is 7.75. The highest BCUT2D eigenvalue weighted by Gasteiger charge is 2.17. The number of rotatable bonds is 1. The second-order valence-electron chi connectivity index (χ2n) is 3.82. The van der Waals surface area contributed by atoms with Crippen LogP contribution >= 0.6 is 0 Å². The summed E-state index contributed by atoms with van der Waals surface area (Å²) in [5, 5.41) is 9.35. The van der Waals surface area contributed by atoms with Crippen LogP contribution in [0.25, 0.3) is 0 Å². The van der Waals surface area contributed by atoms with E-state index in [0.29, 0.717) is 5.78 Å². The second-order valence-corrected chi connectivity index (χ2v) is 3.82. The molecule has 1 rings (SSSR count). The van der Waals surface area contributed by atoms with Crippen LogP contribution in [-0.2, 0) is 4.79 Å². The highest BCUT2D eigenvalue weighted by Crippen LogP contribution is 2.22. The van der Waals surface area contributed by atoms with Crippen LogP contribution in [0.1, 0.15) is 45.4 Å². The van der Waals surface area contributed by atoms with E-state index in [1.165, 1.54) is 0 Å². The summed E-state index contributed by atoms with van der Waals surface area (Å²) in [5.74, 6) is 0.601. The molecule has 0 saturated heterocycles. The molecule has 0 heterocycles. The predicted octanol–water partition coefficient (Wildman–Crippen LogP) is 1.91. The van der Waals surface area contributed by atoms with Crippen molar-refractivity contribution in [1.29, 1.82) is 0 Å². The first kappa shape index (κ1) is 9.72. The number of aliphatic hydroxyl groups excluding tert-OH is 1. The van der Waals surface area contributed by atoms with E-state index in [1.807, 2.05) is 0 Å². The minimum atomic E-state index is -0.113. The van der Waals surface area contributed by atoms with E-state index in [1.54, 1.807) is 6.92 Å². The lowest BCUT2D eigenvalue weighted by molar-refractivity contribution is -0.121. The van der Waals surface area contributed by atoms with Crippen molar-refractivity contribution >= 4 is 5.78 Å². The highest BCUT2D eigenvalue weighted by atomic mass is 16.3. The molecule has 0 unspecified atom stereocenters. The van der Waals surface area contributed by atoms with Gasteiger partial charge in [0.05, 0.1) is 6.10 Å². The van der Waals surface area contributed by atoms with Crippen LogP contribution in [0.3, 0.4) is 0 Å². The van der Waals surface area contributed by atoms with Gasteiger partial charge in [0, 0.05) is 5.92 Å². The van der Waals surface area contributed by atoms with E-state index in [0.717, 1.165) is 38.5 Å². The van der Waals surface area contributed by atoms with Gasteiger partial charge in [0.25, 0.3) is 0 Å². The van der Waals surface area contributed by atoms with Crippen LogP contribution in [0.2, 0.25) is 0 Å². The third-order valence-electron chi connectivity index (χ3n) is 2.75. The number of hydrogen-bond donors (Lipinski definition) is 1. The van der Waals surface area contributed by atoms with Gasteiger partial charge in [-0.25, -0.2) is 0 Å². The maximum absolute atomic E-state index is 11.1. The molecule has 0 aromatic rings. The van der Waals surface area contributed by atoms with E-state index >= 15 is 0 Å². The van der Waals surface area contributed by atoms with Crippen LogP contribution in [0, 0.1) is 5.92 Å². The molecular formula is C10H18O2. The van der Waals surface area contributed by atoms with E-state index < -0.39 is 0 Å². The Morgan fingerprint density at radius 2 is 1.67 bits per heavy atom. The van der Waals surface area contributed by atoms with Gasteiger partial charge in [-0.1, -0.05) is 12.8 Å². The van der Waals surface area contributed by atoms with Crippen molar-refractivity contribution in [3.05, 3.63) is 0 Å². The molecule has 1 aliphatic carbocycles. The first-order valence-electron chi connectivity index (χ1n) is 4.88. The fourth-order valence-electron chi connectivity index (χ4n) is 1.89. The fourth-order valence-corrected chi connectivity index (χ4v) is 1.89. The average molecular weight is 170 g/mol. The SMILES string of the molecule is CC(=O)C1CCCC(O)CCC1. The summed E-state index contributed by atoms with van der Waals surface area (Å²) >= 11 is 0. The van der Waals surface area contributed by atoms with Crippen LogP contribution in [0.4, 0.5) is 0 Å². The van der Waals surface area contributed by atoms with Crippen molar-refractivity contribution in [1.82, 2.24) is 0 Å². The lowest BCUT2D eigenvalue weighted by atomic mass is 9.88. The van der Waals surface area contributed by atoms with Crippen molar-refractivity contribution in [3.63, 3.8) is 0 Å². The Morgan fingerprint density at radius 3 is 2.08 bits per heavy atom. The molecular weight excluding hydrogens is 152 g/mol. The van der Waals surface area contributed by atoms with Crippen molar-refractivity contribution < 1.29 is 9.90 Å². The Morgan fingerprint density at radius 1 is 1.17 bits per heavy atom. The molecule has 70 valence electrons. The molecule has 0 amide bonds. The molecule has 0 aromatic carbocycles. The third-order valence-corrected chi connectivity index (χ3v) is 2.75. The van der Waals surface area contributed by atoms with Crippen molar-refractivity contribution in [2.45, 2.75) is 51.6 Å². The Bertz CT molecular complexity index is 144. The Balaban J connectivity index is 2.35. The quantitative estimate of drug-likeness (QED) is 0.652. The van der Waals surface area contributed by atoms with Crippen molar-refractivity contribution in [2.75, 3.05) is 0 Å². The van der Waals surface area contributed by atoms with Gasteiger partial charge in [-0.2, -0.15) is 0 Å². The lowest BCUT2D eigenvalue weighted by Crippen LogP contribution is -2.17. The van der Waals surface area contributed by atoms with Gasteiger partial charge in [-0.15, -0.1) is 0 Å². The lowest BCUT2D eigenvalue weighted by Gasteiger charge is -2.19. The van der Waals surface area contributed by atoms with Gasteiger partial charge >= 0.3 is 0 Å². The van der Waals surface area contributed by atoms with E-state index in [2.05, 4.69) is 0 Å². The summed E-state index contributed by atoms with van der Waals surface area (Å²) in [6.45, 7) is 1.68. The average Bonchev–Trinajstić information content (AvgIpc) is 1.95. The molecule has 0 aromatic heterocycles. The maximum atomic E-state index is 11.1. The first-order chi connectivity index (χ1) is 5.70. The van der Waals surface area contributed by atoms with Crippen molar-refractivity contribution in [3.8, 4) is 0 Å². The molecule has 0 aliphatic heterocycles. The Labute approximate surface area is 74.0 Å². The molecule has 0 radical (unpaired) electrons. The summed E-state index contributed by atoms with van der Waals surface area (Å²) in [7, 11) is 0. The molecule has 1 fully saturated rings. The molecule has 0 spiro atoms. The number of Topliss-reactive ketones (excluding diaryl/α,β-unsaturated/α-hetero) is 1. The maximum Gasteiger partial charge on any atom is 0.132 e. The zero-order chi connectivity index (χ0) is 8.97. The largest absolute Gasteiger partial charge is 0.393 e. The monoisotopic (exact) mass is 170 g/mol. The number of hydrogen-bond acceptors (Lipinski definition) is 2. The van der Waals surface area contributed by atoms with E-state index in [9.17, 15) is 9.90 Å². The van der Waals surface area contributed by atoms with Gasteiger partial charge in [-0.3, -0.25) is 4.79 Å². The molecule has 2 nitrogen and oxygen atoms in total. The molecule has 1 saturated carbocycles. The Kier molecular flexibility index (Phi) is 3.73. The summed E-state index contributed by atoms with van der Waals surface area (Å²) < 4.78 is 0. The molecule has 1 aliphatic rings. The third kappa shape index (κ3) is 2.94. The van der Waals surface area contributed by atoms with Gasteiger partial charge in [0.2, 0.25) is 0 Å². The van der Waals surface area contributed by atoms with Crippen LogP contribution in [-0.4, -0.2) is 17.0 Å². The van der Waals surface area contributed by atoms with Gasteiger partial charge in [0.1, 0.15) is 5.78 Å². The van der Waals surface area contributed by atoms with Crippen LogP contribution in [0.15, 0.2) is 0 Å². The Hall–Kier alpha value is -0.370. The summed E-state index contributed by atoms with van der Waals surface area (Å²) in [6.07, 6.45) is 5.61. The van der Waals surface area contributed by atoms with Crippen LogP contribution < -0.4 is 0 Å². The van der Waals surface area contributed by atoms with Crippen molar-refractivity contribution in [2.24, 2.45) is 5.92 Å². The predicted molar refractivity (Wildman–Crippen MR) is 47.9 cm³/mol. The molecule has 2 heteroatoms. The first-order valence-corrected chi connectivity index (χ1v) is 4.88. The molecule has 0 atom stereocenters. The summed E-state index contributed by atoms with van der Waals surface area (Å²) in [4.78, 5) is 11.1. The van der Waals surface area contributed by atoms with Gasteiger partial charge in [-0.05, 0) is 32.6 Å². The normalized spacial score (nSPS) is 32.2. The smallest absolute Gasteiger partial charge is 0.132 e. The second kappa shape index (κ2) is 4.61. The molecule has 0 bridgehead atoms. The van der Waals surface area contributed by atoms with E-state index in [4.69, 9.17) is 0 Å². The number of aliphatic hydroxyl groups is 1. The highest BCUT2D eigenvalue weighted by molar-refractivity contribution is 5.78. The fraction of sp³-hybridized carbons (Fsp3) is 0.900. The zero-order valence-corrected chi connectivity index (χ0v) is 7.75. The summed E-state index contributed by atoms with van der Waals surface area (Å²) in [6, 6.07) is 0. The molecule has 1 N–H and O–H groups in total. The number of carbonyl (C=O) groups excluding carboxylic acids is 1. The van der Waals surface area contributed by atoms with E-state index in [-0.39, 0.29) is 12.0 Å². The standard InChI is InChI=1S/C10H18O2/c1-8(11)9-4-2-6-10(12)7-3-5-9/h9-10,12H,2-7H2,1H3. The number of ketones is 1. The minimum Gasteiger partial charge on any atom is -0.393 e. The topological polar surface area (TPSA) is 37.3 Å². The minimum absolute atomic E-state index is 0.113. The molecule has 12 heavy (non-hydrogen) atoms.